The summed E-state index contributed by atoms with van der Waals surface area (Å²) in [6, 6.07) is 18.9. The molecule has 9 nitrogen and oxygen atoms in total. The second-order valence-electron chi connectivity index (χ2n) is 9.91. The average Bonchev–Trinajstić information content (AvgIpc) is 3.29. The number of aromatic nitrogens is 2. The van der Waals surface area contributed by atoms with E-state index >= 15 is 0 Å². The van der Waals surface area contributed by atoms with Crippen LogP contribution >= 0.6 is 15.9 Å². The Balaban J connectivity index is 1.68. The van der Waals surface area contributed by atoms with Gasteiger partial charge in [-0.05, 0) is 47.9 Å². The van der Waals surface area contributed by atoms with E-state index in [1.807, 2.05) is 39.0 Å². The molecule has 0 aliphatic carbocycles. The van der Waals surface area contributed by atoms with Gasteiger partial charge in [-0.25, -0.2) is 4.98 Å². The van der Waals surface area contributed by atoms with Gasteiger partial charge in [0.1, 0.15) is 5.58 Å². The van der Waals surface area contributed by atoms with Crippen molar-refractivity contribution in [1.29, 1.82) is 0 Å². The predicted octanol–water partition coefficient (Wildman–Crippen LogP) is 6.79. The Bertz CT molecular complexity index is 1780. The first-order chi connectivity index (χ1) is 18.1. The maximum Gasteiger partial charge on any atom is 0.311 e. The molecule has 192 valence electrons. The largest absolute Gasteiger partial charge is 0.486 e. The van der Waals surface area contributed by atoms with E-state index in [0.29, 0.717) is 27.8 Å². The minimum Gasteiger partial charge on any atom is -0.486 e. The van der Waals surface area contributed by atoms with Crippen molar-refractivity contribution < 1.29 is 14.1 Å². The third kappa shape index (κ3) is 5.08. The van der Waals surface area contributed by atoms with Crippen LogP contribution in [0.15, 0.2) is 85.5 Å². The Labute approximate surface area is 225 Å². The zero-order chi connectivity index (χ0) is 27.0. The minimum atomic E-state index is -0.503. The zero-order valence-corrected chi connectivity index (χ0v) is 22.4. The number of nitro groups is 1. The van der Waals surface area contributed by atoms with Crippen LogP contribution in [-0.2, 0) is 0 Å². The van der Waals surface area contributed by atoms with Gasteiger partial charge in [0.15, 0.2) is 5.76 Å². The number of hydrogen-bond acceptors (Lipinski definition) is 7. The number of fused-ring (bicyclic) bond motifs is 2. The first-order valence-corrected chi connectivity index (χ1v) is 12.6. The molecule has 10 heteroatoms. The van der Waals surface area contributed by atoms with E-state index in [0.717, 1.165) is 14.5 Å². The van der Waals surface area contributed by atoms with Crippen LogP contribution in [0.1, 0.15) is 26.3 Å². The van der Waals surface area contributed by atoms with Gasteiger partial charge in [0.05, 0.1) is 28.6 Å². The molecule has 0 fully saturated rings. The summed E-state index contributed by atoms with van der Waals surface area (Å²) in [5.41, 5.74) is 0.628. The molecule has 0 aliphatic heterocycles. The number of benzene rings is 3. The Hall–Kier alpha value is -4.31. The van der Waals surface area contributed by atoms with Crippen LogP contribution in [0, 0.1) is 15.5 Å². The fraction of sp³-hybridized carbons (Fsp3) is 0.179. The minimum absolute atomic E-state index is 0.0770. The number of nitrogens with zero attached hydrogens (tertiary/aromatic N) is 4. The topological polar surface area (TPSA) is 113 Å². The van der Waals surface area contributed by atoms with E-state index in [4.69, 9.17) is 9.15 Å². The van der Waals surface area contributed by atoms with E-state index in [2.05, 4.69) is 26.0 Å². The molecule has 0 N–H and O–H groups in total. The molecule has 0 radical (unpaired) electrons. The van der Waals surface area contributed by atoms with Crippen LogP contribution in [0.3, 0.4) is 0 Å². The maximum absolute atomic E-state index is 13.6. The first-order valence-electron chi connectivity index (χ1n) is 11.8. The molecule has 5 rings (SSSR count). The quantitative estimate of drug-likeness (QED) is 0.125. The molecule has 0 bridgehead atoms. The summed E-state index contributed by atoms with van der Waals surface area (Å²) < 4.78 is 13.9. The molecule has 0 aliphatic rings. The monoisotopic (exact) mass is 574 g/mol. The van der Waals surface area contributed by atoms with Gasteiger partial charge >= 0.3 is 5.69 Å². The van der Waals surface area contributed by atoms with Crippen LogP contribution in [0.2, 0.25) is 0 Å². The van der Waals surface area contributed by atoms with Gasteiger partial charge in [-0.2, -0.15) is 9.78 Å². The van der Waals surface area contributed by atoms with Crippen LogP contribution in [0.5, 0.6) is 5.75 Å². The van der Waals surface area contributed by atoms with E-state index in [-0.39, 0.29) is 29.3 Å². The molecule has 2 heterocycles. The fourth-order valence-electron chi connectivity index (χ4n) is 3.87. The third-order valence-corrected chi connectivity index (χ3v) is 6.13. The van der Waals surface area contributed by atoms with E-state index in [1.54, 1.807) is 42.5 Å². The highest BCUT2D eigenvalue weighted by Gasteiger charge is 2.22. The van der Waals surface area contributed by atoms with Crippen molar-refractivity contribution in [3.63, 3.8) is 0 Å². The van der Waals surface area contributed by atoms with Crippen molar-refractivity contribution in [1.82, 2.24) is 9.66 Å². The van der Waals surface area contributed by atoms with Gasteiger partial charge < -0.3 is 9.15 Å². The first kappa shape index (κ1) is 25.3. The van der Waals surface area contributed by atoms with Crippen molar-refractivity contribution in [2.24, 2.45) is 10.5 Å². The van der Waals surface area contributed by atoms with Gasteiger partial charge in [0.2, 0.25) is 11.6 Å². The standard InChI is InChI=1S/C28H23BrN4O5/c1-28(2,3)16-37-25-17(7-6-10-22(25)33(35)36)15-30-32-26(31-21-9-5-4-8-20(21)27(32)34)24-14-18-13-19(29)11-12-23(18)38-24/h4-15H,16H2,1-3H3. The number of para-hydroxylation sites is 2. The molecule has 0 saturated carbocycles. The number of ether oxygens (including phenoxy) is 1. The van der Waals surface area contributed by atoms with Crippen molar-refractivity contribution in [3.8, 4) is 17.3 Å². The Morgan fingerprint density at radius 3 is 2.68 bits per heavy atom. The summed E-state index contributed by atoms with van der Waals surface area (Å²) in [6.45, 7) is 6.14. The highest BCUT2D eigenvalue weighted by molar-refractivity contribution is 9.10. The molecule has 0 spiro atoms. The Morgan fingerprint density at radius 2 is 1.92 bits per heavy atom. The van der Waals surface area contributed by atoms with E-state index in [9.17, 15) is 14.9 Å². The second kappa shape index (κ2) is 9.86. The second-order valence-corrected chi connectivity index (χ2v) is 10.8. The zero-order valence-electron chi connectivity index (χ0n) is 20.8. The van der Waals surface area contributed by atoms with Gasteiger partial charge in [0, 0.05) is 21.5 Å². The molecule has 2 aromatic heterocycles. The lowest BCUT2D eigenvalue weighted by Gasteiger charge is -2.19. The molecule has 0 atom stereocenters. The van der Waals surface area contributed by atoms with Crippen molar-refractivity contribution in [3.05, 3.63) is 97.2 Å². The average molecular weight is 575 g/mol. The Morgan fingerprint density at radius 1 is 1.13 bits per heavy atom. The lowest BCUT2D eigenvalue weighted by Crippen LogP contribution is -2.20. The molecule has 3 aromatic carbocycles. The van der Waals surface area contributed by atoms with Crippen LogP contribution in [0.25, 0.3) is 33.5 Å². The SMILES string of the molecule is CC(C)(C)COc1c(C=Nn2c(-c3cc4cc(Br)ccc4o3)nc3ccccc3c2=O)cccc1[N+](=O)[O-]. The van der Waals surface area contributed by atoms with Crippen molar-refractivity contribution in [2.45, 2.75) is 20.8 Å². The molecule has 38 heavy (non-hydrogen) atoms. The number of rotatable bonds is 6. The number of furan rings is 1. The highest BCUT2D eigenvalue weighted by atomic mass is 79.9. The van der Waals surface area contributed by atoms with E-state index in [1.165, 1.54) is 12.3 Å². The molecular weight excluding hydrogens is 552 g/mol. The van der Waals surface area contributed by atoms with Gasteiger partial charge in [-0.15, -0.1) is 0 Å². The van der Waals surface area contributed by atoms with Crippen molar-refractivity contribution >= 4 is 49.7 Å². The Kier molecular flexibility index (Phi) is 6.58. The molecular formula is C28H23BrN4O5. The number of nitro benzene ring substituents is 1. The van der Waals surface area contributed by atoms with Gasteiger partial charge in [-0.1, -0.05) is 54.9 Å². The third-order valence-electron chi connectivity index (χ3n) is 5.64. The lowest BCUT2D eigenvalue weighted by molar-refractivity contribution is -0.386. The number of hydrogen-bond donors (Lipinski definition) is 0. The summed E-state index contributed by atoms with van der Waals surface area (Å²) in [5, 5.41) is 17.4. The fourth-order valence-corrected chi connectivity index (χ4v) is 4.25. The summed E-state index contributed by atoms with van der Waals surface area (Å²) in [7, 11) is 0. The summed E-state index contributed by atoms with van der Waals surface area (Å²) >= 11 is 3.46. The summed E-state index contributed by atoms with van der Waals surface area (Å²) in [6.07, 6.45) is 1.37. The normalized spacial score (nSPS) is 12.0. The van der Waals surface area contributed by atoms with Crippen LogP contribution in [-0.4, -0.2) is 27.4 Å². The van der Waals surface area contributed by atoms with Crippen LogP contribution in [0.4, 0.5) is 5.69 Å². The molecule has 0 unspecified atom stereocenters. The number of halogens is 1. The smallest absolute Gasteiger partial charge is 0.311 e. The van der Waals surface area contributed by atoms with Gasteiger partial charge in [-0.3, -0.25) is 14.9 Å². The molecule has 0 amide bonds. The highest BCUT2D eigenvalue weighted by Crippen LogP contribution is 2.32. The lowest BCUT2D eigenvalue weighted by atomic mass is 9.98. The van der Waals surface area contributed by atoms with Crippen LogP contribution < -0.4 is 10.3 Å². The molecule has 0 saturated heterocycles. The van der Waals surface area contributed by atoms with E-state index < -0.39 is 10.5 Å². The van der Waals surface area contributed by atoms with Crippen molar-refractivity contribution in [2.75, 3.05) is 6.61 Å². The maximum atomic E-state index is 13.6. The van der Waals surface area contributed by atoms with Gasteiger partial charge in [0.25, 0.3) is 5.56 Å². The summed E-state index contributed by atoms with van der Waals surface area (Å²) in [4.78, 5) is 29.4. The summed E-state index contributed by atoms with van der Waals surface area (Å²) in [5.74, 6) is 0.620. The predicted molar refractivity (Wildman–Crippen MR) is 150 cm³/mol. The molecule has 5 aromatic rings.